The number of nitrogens with one attached hydrogen (secondary N) is 1. The molecule has 0 radical (unpaired) electrons. The Hall–Kier alpha value is -1.42. The Morgan fingerprint density at radius 1 is 1.18 bits per heavy atom. The average molecular weight is 301 g/mol. The lowest BCUT2D eigenvalue weighted by Gasteiger charge is -2.45. The van der Waals surface area contributed by atoms with Crippen molar-refractivity contribution in [3.63, 3.8) is 0 Å². The van der Waals surface area contributed by atoms with Gasteiger partial charge in [-0.15, -0.1) is 0 Å². The number of aromatic nitrogens is 1. The van der Waals surface area contributed by atoms with Gasteiger partial charge < -0.3 is 5.32 Å². The van der Waals surface area contributed by atoms with Crippen LogP contribution in [0.1, 0.15) is 50.5 Å². The van der Waals surface area contributed by atoms with Gasteiger partial charge in [-0.25, -0.2) is 0 Å². The first kappa shape index (κ1) is 15.5. The van der Waals surface area contributed by atoms with Crippen LogP contribution < -0.4 is 5.32 Å². The topological polar surface area (TPSA) is 45.2 Å². The van der Waals surface area contributed by atoms with Crippen LogP contribution in [-0.2, 0) is 11.2 Å². The Morgan fingerprint density at radius 3 is 2.64 bits per heavy atom. The summed E-state index contributed by atoms with van der Waals surface area (Å²) in [7, 11) is 0. The smallest absolute Gasteiger partial charge is 0.224 e. The molecule has 1 amide bonds. The molecular weight excluding hydrogens is 274 g/mol. The summed E-state index contributed by atoms with van der Waals surface area (Å²) in [5.41, 5.74) is 1.21. The number of hydrogen-bond acceptors (Lipinski definition) is 3. The molecule has 0 spiro atoms. The zero-order chi connectivity index (χ0) is 15.3. The second kappa shape index (κ2) is 7.23. The Bertz CT molecular complexity index is 476. The van der Waals surface area contributed by atoms with Crippen LogP contribution in [0, 0.1) is 0 Å². The average Bonchev–Trinajstić information content (AvgIpc) is 3.10. The first-order valence-corrected chi connectivity index (χ1v) is 8.69. The molecule has 1 aliphatic heterocycles. The molecule has 4 heteroatoms. The van der Waals surface area contributed by atoms with Gasteiger partial charge in [0.25, 0.3) is 0 Å². The Kier molecular flexibility index (Phi) is 5.08. The Labute approximate surface area is 133 Å². The zero-order valence-corrected chi connectivity index (χ0v) is 13.4. The van der Waals surface area contributed by atoms with E-state index in [0.717, 1.165) is 12.1 Å². The highest BCUT2D eigenvalue weighted by molar-refractivity contribution is 5.78. The molecule has 120 valence electrons. The van der Waals surface area contributed by atoms with E-state index < -0.39 is 0 Å². The van der Waals surface area contributed by atoms with Crippen molar-refractivity contribution in [3.05, 3.63) is 30.1 Å². The third kappa shape index (κ3) is 3.67. The molecule has 1 aliphatic carbocycles. The van der Waals surface area contributed by atoms with Crippen LogP contribution in [0.15, 0.2) is 24.5 Å². The highest BCUT2D eigenvalue weighted by Gasteiger charge is 2.39. The fourth-order valence-electron chi connectivity index (χ4n) is 4.02. The molecule has 0 bridgehead atoms. The van der Waals surface area contributed by atoms with Crippen LogP contribution in [0.4, 0.5) is 0 Å². The molecule has 1 saturated heterocycles. The third-order valence-corrected chi connectivity index (χ3v) is 5.26. The van der Waals surface area contributed by atoms with Crippen LogP contribution in [0.3, 0.4) is 0 Å². The minimum absolute atomic E-state index is 0.122. The summed E-state index contributed by atoms with van der Waals surface area (Å²) in [6.07, 6.45) is 13.0. The van der Waals surface area contributed by atoms with Crippen LogP contribution in [0.2, 0.25) is 0 Å². The van der Waals surface area contributed by atoms with Crippen LogP contribution in [0.25, 0.3) is 0 Å². The number of pyridine rings is 1. The normalized spacial score (nSPS) is 21.6. The van der Waals surface area contributed by atoms with E-state index in [1.54, 1.807) is 12.4 Å². The molecule has 1 aromatic heterocycles. The minimum Gasteiger partial charge on any atom is -0.354 e. The van der Waals surface area contributed by atoms with E-state index in [9.17, 15) is 4.79 Å². The number of likely N-dealkylation sites (tertiary alicyclic amines) is 1. The van der Waals surface area contributed by atoms with Crippen molar-refractivity contribution in [2.24, 2.45) is 0 Å². The van der Waals surface area contributed by atoms with E-state index in [4.69, 9.17) is 0 Å². The Morgan fingerprint density at radius 2 is 1.95 bits per heavy atom. The summed E-state index contributed by atoms with van der Waals surface area (Å²) in [5, 5.41) is 3.21. The van der Waals surface area contributed by atoms with Gasteiger partial charge in [0, 0.05) is 24.5 Å². The van der Waals surface area contributed by atoms with Crippen molar-refractivity contribution < 1.29 is 4.79 Å². The standard InChI is InChI=1S/C18H27N3O/c22-17(13-16-7-6-10-19-14-16)20-15-18(8-2-1-3-9-18)21-11-4-5-12-21/h6-7,10,14H,1-5,8-9,11-13,15H2,(H,20,22). The monoisotopic (exact) mass is 301 g/mol. The maximum atomic E-state index is 12.3. The summed E-state index contributed by atoms with van der Waals surface area (Å²) in [5.74, 6) is 0.122. The summed E-state index contributed by atoms with van der Waals surface area (Å²) in [6.45, 7) is 3.23. The number of rotatable bonds is 5. The highest BCUT2D eigenvalue weighted by atomic mass is 16.1. The van der Waals surface area contributed by atoms with E-state index in [0.29, 0.717) is 6.42 Å². The molecular formula is C18H27N3O. The molecule has 1 aromatic rings. The molecule has 0 atom stereocenters. The van der Waals surface area contributed by atoms with Gasteiger partial charge in [0.05, 0.1) is 6.42 Å². The van der Waals surface area contributed by atoms with Crippen molar-refractivity contribution in [3.8, 4) is 0 Å². The van der Waals surface area contributed by atoms with Crippen LogP contribution in [0.5, 0.6) is 0 Å². The van der Waals surface area contributed by atoms with Gasteiger partial charge in [0.15, 0.2) is 0 Å². The van der Waals surface area contributed by atoms with Crippen molar-refractivity contribution in [2.75, 3.05) is 19.6 Å². The number of carbonyl (C=O) groups excluding carboxylic acids is 1. The van der Waals surface area contributed by atoms with Gasteiger partial charge in [-0.3, -0.25) is 14.7 Å². The molecule has 1 saturated carbocycles. The second-order valence-corrected chi connectivity index (χ2v) is 6.79. The fourth-order valence-corrected chi connectivity index (χ4v) is 4.02. The summed E-state index contributed by atoms with van der Waals surface area (Å²) >= 11 is 0. The lowest BCUT2D eigenvalue weighted by atomic mass is 9.80. The van der Waals surface area contributed by atoms with Crippen molar-refractivity contribution in [1.82, 2.24) is 15.2 Å². The van der Waals surface area contributed by atoms with E-state index in [1.807, 2.05) is 12.1 Å². The number of amides is 1. The molecule has 3 rings (SSSR count). The number of carbonyl (C=O) groups is 1. The summed E-state index contributed by atoms with van der Waals surface area (Å²) < 4.78 is 0. The lowest BCUT2D eigenvalue weighted by Crippen LogP contribution is -2.55. The maximum absolute atomic E-state index is 12.3. The molecule has 2 fully saturated rings. The SMILES string of the molecule is O=C(Cc1cccnc1)NCC1(N2CCCC2)CCCCC1. The third-order valence-electron chi connectivity index (χ3n) is 5.26. The molecule has 4 nitrogen and oxygen atoms in total. The number of nitrogens with zero attached hydrogens (tertiary/aromatic N) is 2. The lowest BCUT2D eigenvalue weighted by molar-refractivity contribution is -0.121. The fraction of sp³-hybridized carbons (Fsp3) is 0.667. The largest absolute Gasteiger partial charge is 0.354 e. The van der Waals surface area contributed by atoms with Crippen LogP contribution >= 0.6 is 0 Å². The molecule has 0 unspecified atom stereocenters. The predicted molar refractivity (Wildman–Crippen MR) is 87.6 cm³/mol. The highest BCUT2D eigenvalue weighted by Crippen LogP contribution is 2.35. The van der Waals surface area contributed by atoms with Gasteiger partial charge in [-0.2, -0.15) is 0 Å². The zero-order valence-electron chi connectivity index (χ0n) is 13.4. The first-order chi connectivity index (χ1) is 10.8. The summed E-state index contributed by atoms with van der Waals surface area (Å²) in [4.78, 5) is 19.0. The van der Waals surface area contributed by atoms with Gasteiger partial charge in [-0.1, -0.05) is 25.3 Å². The quantitative estimate of drug-likeness (QED) is 0.909. The summed E-state index contributed by atoms with van der Waals surface area (Å²) in [6, 6.07) is 3.85. The maximum Gasteiger partial charge on any atom is 0.224 e. The first-order valence-electron chi connectivity index (χ1n) is 8.69. The van der Waals surface area contributed by atoms with Gasteiger partial charge in [0.1, 0.15) is 0 Å². The second-order valence-electron chi connectivity index (χ2n) is 6.79. The van der Waals surface area contributed by atoms with E-state index in [2.05, 4.69) is 15.2 Å². The number of hydrogen-bond donors (Lipinski definition) is 1. The van der Waals surface area contributed by atoms with Gasteiger partial charge in [0.2, 0.25) is 5.91 Å². The molecule has 2 aliphatic rings. The van der Waals surface area contributed by atoms with E-state index in [1.165, 1.54) is 58.0 Å². The predicted octanol–water partition coefficient (Wildman–Crippen LogP) is 2.54. The van der Waals surface area contributed by atoms with Crippen molar-refractivity contribution in [1.29, 1.82) is 0 Å². The molecule has 2 heterocycles. The molecule has 22 heavy (non-hydrogen) atoms. The van der Waals surface area contributed by atoms with Gasteiger partial charge >= 0.3 is 0 Å². The van der Waals surface area contributed by atoms with Crippen LogP contribution in [-0.4, -0.2) is 41.0 Å². The molecule has 0 aromatic carbocycles. The van der Waals surface area contributed by atoms with Crippen molar-refractivity contribution in [2.45, 2.75) is 56.9 Å². The Balaban J connectivity index is 1.58. The van der Waals surface area contributed by atoms with E-state index in [-0.39, 0.29) is 11.4 Å². The van der Waals surface area contributed by atoms with Gasteiger partial charge in [-0.05, 0) is 50.4 Å². The van der Waals surface area contributed by atoms with Crippen molar-refractivity contribution >= 4 is 5.91 Å². The molecule has 1 N–H and O–H groups in total. The minimum atomic E-state index is 0.122. The van der Waals surface area contributed by atoms with E-state index >= 15 is 0 Å².